The number of rotatable bonds is 5. The Bertz CT molecular complexity index is 1180. The number of thiophene rings is 1. The number of fused-ring (bicyclic) bond motifs is 1. The van der Waals surface area contributed by atoms with E-state index in [0.29, 0.717) is 22.6 Å². The highest BCUT2D eigenvalue weighted by molar-refractivity contribution is 7.17. The first-order chi connectivity index (χ1) is 13.5. The highest BCUT2D eigenvalue weighted by atomic mass is 32.1. The summed E-state index contributed by atoms with van der Waals surface area (Å²) < 4.78 is 13.2. The van der Waals surface area contributed by atoms with Gasteiger partial charge in [-0.3, -0.25) is 9.69 Å². The van der Waals surface area contributed by atoms with Gasteiger partial charge in [0.1, 0.15) is 16.5 Å². The standard InChI is InChI=1S/C22H20FN3OS/c1-14-5-3-4-6-16(14)11-26(2)12-19-24-21(27)20-18(13-28-22(20)25-19)15-7-9-17(23)10-8-15/h3-10,13H,11-12H2,1-2H3,(H,24,25,27). The zero-order valence-corrected chi connectivity index (χ0v) is 16.5. The van der Waals surface area contributed by atoms with Crippen molar-refractivity contribution in [1.29, 1.82) is 0 Å². The van der Waals surface area contributed by atoms with E-state index in [1.54, 1.807) is 12.1 Å². The lowest BCUT2D eigenvalue weighted by atomic mass is 10.1. The lowest BCUT2D eigenvalue weighted by molar-refractivity contribution is 0.310. The van der Waals surface area contributed by atoms with Crippen molar-refractivity contribution < 1.29 is 4.39 Å². The molecule has 0 bridgehead atoms. The topological polar surface area (TPSA) is 49.0 Å². The van der Waals surface area contributed by atoms with Gasteiger partial charge in [-0.15, -0.1) is 11.3 Å². The quantitative estimate of drug-likeness (QED) is 0.533. The van der Waals surface area contributed by atoms with Crippen molar-refractivity contribution in [2.45, 2.75) is 20.0 Å². The van der Waals surface area contributed by atoms with Gasteiger partial charge in [0.25, 0.3) is 5.56 Å². The number of hydrogen-bond acceptors (Lipinski definition) is 4. The van der Waals surface area contributed by atoms with Crippen LogP contribution in [-0.4, -0.2) is 21.9 Å². The molecule has 0 atom stereocenters. The molecular formula is C22H20FN3OS. The van der Waals surface area contributed by atoms with E-state index < -0.39 is 0 Å². The van der Waals surface area contributed by atoms with E-state index >= 15 is 0 Å². The third-order valence-electron chi connectivity index (χ3n) is 4.77. The molecular weight excluding hydrogens is 373 g/mol. The van der Waals surface area contributed by atoms with Gasteiger partial charge in [0.2, 0.25) is 0 Å². The average molecular weight is 393 g/mol. The van der Waals surface area contributed by atoms with Gasteiger partial charge in [-0.05, 0) is 42.8 Å². The van der Waals surface area contributed by atoms with E-state index in [-0.39, 0.29) is 11.4 Å². The van der Waals surface area contributed by atoms with Crippen LogP contribution in [0, 0.1) is 12.7 Å². The predicted molar refractivity (Wildman–Crippen MR) is 112 cm³/mol. The fraction of sp³-hybridized carbons (Fsp3) is 0.182. The number of aromatic nitrogens is 2. The Morgan fingerprint density at radius 2 is 1.86 bits per heavy atom. The van der Waals surface area contributed by atoms with Crippen molar-refractivity contribution in [1.82, 2.24) is 14.9 Å². The first-order valence-corrected chi connectivity index (χ1v) is 9.88. The van der Waals surface area contributed by atoms with Crippen LogP contribution in [0.1, 0.15) is 17.0 Å². The zero-order valence-electron chi connectivity index (χ0n) is 15.7. The Labute approximate surface area is 166 Å². The van der Waals surface area contributed by atoms with E-state index in [2.05, 4.69) is 33.9 Å². The van der Waals surface area contributed by atoms with Crippen LogP contribution in [0.3, 0.4) is 0 Å². The molecule has 0 radical (unpaired) electrons. The average Bonchev–Trinajstić information content (AvgIpc) is 3.09. The highest BCUT2D eigenvalue weighted by Gasteiger charge is 2.14. The molecule has 1 N–H and O–H groups in total. The number of hydrogen-bond donors (Lipinski definition) is 1. The SMILES string of the molecule is Cc1ccccc1CN(C)Cc1nc2scc(-c3ccc(F)cc3)c2c(=O)[nH]1. The number of nitrogens with one attached hydrogen (secondary N) is 1. The molecule has 0 saturated heterocycles. The normalized spacial score (nSPS) is 11.4. The Morgan fingerprint density at radius 3 is 2.61 bits per heavy atom. The van der Waals surface area contributed by atoms with Crippen molar-refractivity contribution in [3.05, 3.63) is 87.0 Å². The Balaban J connectivity index is 1.61. The van der Waals surface area contributed by atoms with Crippen LogP contribution in [0.15, 0.2) is 58.7 Å². The summed E-state index contributed by atoms with van der Waals surface area (Å²) in [5.41, 5.74) is 3.93. The van der Waals surface area contributed by atoms with Crippen molar-refractivity contribution in [2.24, 2.45) is 0 Å². The van der Waals surface area contributed by atoms with E-state index in [9.17, 15) is 9.18 Å². The van der Waals surface area contributed by atoms with Gasteiger partial charge < -0.3 is 4.98 Å². The molecule has 0 aliphatic rings. The molecule has 0 aliphatic heterocycles. The first-order valence-electron chi connectivity index (χ1n) is 9.00. The Hall–Kier alpha value is -2.83. The number of aryl methyl sites for hydroxylation is 1. The van der Waals surface area contributed by atoms with Gasteiger partial charge >= 0.3 is 0 Å². The minimum absolute atomic E-state index is 0.162. The van der Waals surface area contributed by atoms with Gasteiger partial charge in [0.15, 0.2) is 0 Å². The fourth-order valence-electron chi connectivity index (χ4n) is 3.30. The summed E-state index contributed by atoms with van der Waals surface area (Å²) in [5, 5.41) is 2.46. The van der Waals surface area contributed by atoms with Crippen molar-refractivity contribution in [2.75, 3.05) is 7.05 Å². The molecule has 28 heavy (non-hydrogen) atoms. The summed E-state index contributed by atoms with van der Waals surface area (Å²) >= 11 is 1.43. The van der Waals surface area contributed by atoms with Crippen LogP contribution >= 0.6 is 11.3 Å². The van der Waals surface area contributed by atoms with Crippen molar-refractivity contribution in [3.63, 3.8) is 0 Å². The second kappa shape index (κ2) is 7.66. The molecule has 0 saturated carbocycles. The van der Waals surface area contributed by atoms with Crippen LogP contribution in [0.25, 0.3) is 21.3 Å². The van der Waals surface area contributed by atoms with Crippen LogP contribution in [0.4, 0.5) is 4.39 Å². The Morgan fingerprint density at radius 1 is 1.11 bits per heavy atom. The molecule has 6 heteroatoms. The largest absolute Gasteiger partial charge is 0.309 e. The summed E-state index contributed by atoms with van der Waals surface area (Å²) in [7, 11) is 2.01. The summed E-state index contributed by atoms with van der Waals surface area (Å²) in [5.74, 6) is 0.343. The second-order valence-electron chi connectivity index (χ2n) is 6.95. The Kier molecular flexibility index (Phi) is 5.07. The fourth-order valence-corrected chi connectivity index (χ4v) is 4.27. The van der Waals surface area contributed by atoms with E-state index in [0.717, 1.165) is 17.7 Å². The minimum atomic E-state index is -0.297. The molecule has 0 spiro atoms. The summed E-state index contributed by atoms with van der Waals surface area (Å²) in [6.45, 7) is 3.42. The predicted octanol–water partition coefficient (Wildman–Crippen LogP) is 4.73. The van der Waals surface area contributed by atoms with Crippen molar-refractivity contribution in [3.8, 4) is 11.1 Å². The number of nitrogens with zero attached hydrogens (tertiary/aromatic N) is 2. The van der Waals surface area contributed by atoms with Crippen LogP contribution in [0.5, 0.6) is 0 Å². The molecule has 2 aromatic heterocycles. The van der Waals surface area contributed by atoms with Crippen LogP contribution in [0.2, 0.25) is 0 Å². The molecule has 2 heterocycles. The summed E-state index contributed by atoms with van der Waals surface area (Å²) in [4.78, 5) is 23.1. The monoisotopic (exact) mass is 393 g/mol. The van der Waals surface area contributed by atoms with Gasteiger partial charge in [-0.25, -0.2) is 9.37 Å². The second-order valence-corrected chi connectivity index (χ2v) is 7.81. The molecule has 0 fully saturated rings. The van der Waals surface area contributed by atoms with Gasteiger partial charge in [-0.1, -0.05) is 36.4 Å². The lowest BCUT2D eigenvalue weighted by Gasteiger charge is -2.17. The van der Waals surface area contributed by atoms with E-state index in [1.807, 2.05) is 24.6 Å². The molecule has 0 aliphatic carbocycles. The maximum Gasteiger partial charge on any atom is 0.260 e. The smallest absolute Gasteiger partial charge is 0.260 e. The van der Waals surface area contributed by atoms with Gasteiger partial charge in [0.05, 0.1) is 11.9 Å². The summed E-state index contributed by atoms with van der Waals surface area (Å²) in [6, 6.07) is 14.4. The van der Waals surface area contributed by atoms with Gasteiger partial charge in [-0.2, -0.15) is 0 Å². The molecule has 142 valence electrons. The van der Waals surface area contributed by atoms with Crippen LogP contribution in [-0.2, 0) is 13.1 Å². The number of halogens is 1. The third-order valence-corrected chi connectivity index (χ3v) is 5.64. The molecule has 4 nitrogen and oxygen atoms in total. The molecule has 4 rings (SSSR count). The summed E-state index contributed by atoms with van der Waals surface area (Å²) in [6.07, 6.45) is 0. The molecule has 4 aromatic rings. The van der Waals surface area contributed by atoms with E-state index in [1.165, 1.54) is 34.6 Å². The number of aromatic amines is 1. The third kappa shape index (κ3) is 3.74. The first kappa shape index (κ1) is 18.5. The minimum Gasteiger partial charge on any atom is -0.309 e. The molecule has 2 aromatic carbocycles. The van der Waals surface area contributed by atoms with Crippen molar-refractivity contribution >= 4 is 21.6 Å². The number of benzene rings is 2. The molecule has 0 amide bonds. The van der Waals surface area contributed by atoms with Gasteiger partial charge in [0, 0.05) is 17.5 Å². The van der Waals surface area contributed by atoms with E-state index in [4.69, 9.17) is 0 Å². The number of H-pyrrole nitrogens is 1. The zero-order chi connectivity index (χ0) is 19.7. The maximum absolute atomic E-state index is 13.2. The molecule has 0 unspecified atom stereocenters. The van der Waals surface area contributed by atoms with Crippen LogP contribution < -0.4 is 5.56 Å². The maximum atomic E-state index is 13.2. The lowest BCUT2D eigenvalue weighted by Crippen LogP contribution is -2.22. The highest BCUT2D eigenvalue weighted by Crippen LogP contribution is 2.30.